The van der Waals surface area contributed by atoms with Crippen molar-refractivity contribution in [2.24, 2.45) is 11.3 Å². The SMILES string of the molecule is CC(=O)CC[C@H](C)CCC(C)(C)C. The average Bonchev–Trinajstić information content (AvgIpc) is 1.95. The summed E-state index contributed by atoms with van der Waals surface area (Å²) >= 11 is 0. The first-order valence-corrected chi connectivity index (χ1v) is 5.31. The number of hydrogen-bond acceptors (Lipinski definition) is 1. The molecule has 78 valence electrons. The Balaban J connectivity index is 3.52. The van der Waals surface area contributed by atoms with Gasteiger partial charge in [0.2, 0.25) is 0 Å². The lowest BCUT2D eigenvalue weighted by Gasteiger charge is -2.20. The van der Waals surface area contributed by atoms with E-state index in [0.29, 0.717) is 17.1 Å². The predicted octanol–water partition coefficient (Wildman–Crippen LogP) is 3.82. The fourth-order valence-electron chi connectivity index (χ4n) is 1.27. The first-order valence-electron chi connectivity index (χ1n) is 5.31. The molecule has 0 unspecified atom stereocenters. The van der Waals surface area contributed by atoms with Crippen LogP contribution in [0.2, 0.25) is 0 Å². The van der Waals surface area contributed by atoms with Gasteiger partial charge in [0.25, 0.3) is 0 Å². The Kier molecular flexibility index (Phi) is 5.27. The highest BCUT2D eigenvalue weighted by Crippen LogP contribution is 2.25. The van der Waals surface area contributed by atoms with Gasteiger partial charge in [-0.15, -0.1) is 0 Å². The van der Waals surface area contributed by atoms with E-state index in [2.05, 4.69) is 27.7 Å². The zero-order chi connectivity index (χ0) is 10.5. The summed E-state index contributed by atoms with van der Waals surface area (Å²) in [6.07, 6.45) is 4.32. The van der Waals surface area contributed by atoms with E-state index in [1.54, 1.807) is 6.92 Å². The van der Waals surface area contributed by atoms with Crippen LogP contribution in [0.4, 0.5) is 0 Å². The summed E-state index contributed by atoms with van der Waals surface area (Å²) in [6.45, 7) is 10.7. The van der Waals surface area contributed by atoms with Crippen LogP contribution in [-0.4, -0.2) is 5.78 Å². The van der Waals surface area contributed by atoms with E-state index < -0.39 is 0 Å². The van der Waals surface area contributed by atoms with Crippen LogP contribution in [0.15, 0.2) is 0 Å². The Morgan fingerprint density at radius 2 is 1.77 bits per heavy atom. The molecular weight excluding hydrogens is 160 g/mol. The van der Waals surface area contributed by atoms with Gasteiger partial charge >= 0.3 is 0 Å². The van der Waals surface area contributed by atoms with Crippen molar-refractivity contribution in [3.63, 3.8) is 0 Å². The molecule has 0 aromatic heterocycles. The summed E-state index contributed by atoms with van der Waals surface area (Å²) < 4.78 is 0. The monoisotopic (exact) mass is 184 g/mol. The first-order chi connectivity index (χ1) is 5.81. The Morgan fingerprint density at radius 1 is 1.23 bits per heavy atom. The normalized spacial score (nSPS) is 14.2. The molecule has 13 heavy (non-hydrogen) atoms. The molecule has 0 aromatic rings. The number of hydrogen-bond donors (Lipinski definition) is 0. The number of ketones is 1. The van der Waals surface area contributed by atoms with Crippen LogP contribution in [0.3, 0.4) is 0 Å². The van der Waals surface area contributed by atoms with Crippen LogP contribution in [0.5, 0.6) is 0 Å². The minimum atomic E-state index is 0.322. The van der Waals surface area contributed by atoms with Gasteiger partial charge in [0.1, 0.15) is 5.78 Å². The van der Waals surface area contributed by atoms with Crippen LogP contribution in [-0.2, 0) is 4.79 Å². The van der Waals surface area contributed by atoms with Crippen molar-refractivity contribution in [2.75, 3.05) is 0 Å². The minimum absolute atomic E-state index is 0.322. The third-order valence-corrected chi connectivity index (χ3v) is 2.38. The molecule has 0 aliphatic heterocycles. The van der Waals surface area contributed by atoms with Gasteiger partial charge in [-0.25, -0.2) is 0 Å². The van der Waals surface area contributed by atoms with Crippen molar-refractivity contribution < 1.29 is 4.79 Å². The number of carbonyl (C=O) groups excluding carboxylic acids is 1. The second-order valence-electron chi connectivity index (χ2n) is 5.45. The molecule has 0 amide bonds. The molecule has 0 saturated heterocycles. The topological polar surface area (TPSA) is 17.1 Å². The van der Waals surface area contributed by atoms with E-state index in [1.807, 2.05) is 0 Å². The lowest BCUT2D eigenvalue weighted by molar-refractivity contribution is -0.117. The molecule has 0 N–H and O–H groups in total. The predicted molar refractivity (Wildman–Crippen MR) is 57.8 cm³/mol. The fraction of sp³-hybridized carbons (Fsp3) is 0.917. The standard InChI is InChI=1S/C12H24O/c1-10(6-7-11(2)13)8-9-12(3,4)5/h10H,6-9H2,1-5H3/t10-/m0/s1. The highest BCUT2D eigenvalue weighted by molar-refractivity contribution is 5.75. The third-order valence-electron chi connectivity index (χ3n) is 2.38. The van der Waals surface area contributed by atoms with E-state index in [9.17, 15) is 4.79 Å². The van der Waals surface area contributed by atoms with Crippen molar-refractivity contribution >= 4 is 5.78 Å². The molecule has 1 heteroatoms. The average molecular weight is 184 g/mol. The minimum Gasteiger partial charge on any atom is -0.300 e. The van der Waals surface area contributed by atoms with Crippen LogP contribution in [0.1, 0.15) is 60.3 Å². The summed E-state index contributed by atoms with van der Waals surface area (Å²) in [7, 11) is 0. The first kappa shape index (κ1) is 12.7. The molecule has 0 rings (SSSR count). The quantitative estimate of drug-likeness (QED) is 0.635. The van der Waals surface area contributed by atoms with Crippen LogP contribution in [0, 0.1) is 11.3 Å². The van der Waals surface area contributed by atoms with Crippen LogP contribution in [0.25, 0.3) is 0 Å². The van der Waals surface area contributed by atoms with Crippen molar-refractivity contribution in [3.8, 4) is 0 Å². The second-order valence-corrected chi connectivity index (χ2v) is 5.45. The summed E-state index contributed by atoms with van der Waals surface area (Å²) in [5.74, 6) is 1.02. The molecule has 0 saturated carbocycles. The molecule has 0 spiro atoms. The van der Waals surface area contributed by atoms with Gasteiger partial charge < -0.3 is 4.79 Å². The number of carbonyl (C=O) groups is 1. The molecule has 0 bridgehead atoms. The van der Waals surface area contributed by atoms with Crippen molar-refractivity contribution in [2.45, 2.75) is 60.3 Å². The molecule has 0 aliphatic carbocycles. The largest absolute Gasteiger partial charge is 0.300 e. The summed E-state index contributed by atoms with van der Waals surface area (Å²) in [4.78, 5) is 10.7. The maximum Gasteiger partial charge on any atom is 0.129 e. The molecule has 0 heterocycles. The van der Waals surface area contributed by atoms with E-state index in [1.165, 1.54) is 12.8 Å². The Labute approximate surface area is 82.9 Å². The maximum atomic E-state index is 10.7. The molecule has 1 atom stereocenters. The van der Waals surface area contributed by atoms with Gasteiger partial charge in [0, 0.05) is 6.42 Å². The van der Waals surface area contributed by atoms with Gasteiger partial charge in [-0.1, -0.05) is 34.1 Å². The lowest BCUT2D eigenvalue weighted by atomic mass is 9.86. The third kappa shape index (κ3) is 9.59. The highest BCUT2D eigenvalue weighted by Gasteiger charge is 2.12. The fourth-order valence-corrected chi connectivity index (χ4v) is 1.27. The maximum absolute atomic E-state index is 10.7. The Hall–Kier alpha value is -0.330. The smallest absolute Gasteiger partial charge is 0.129 e. The summed E-state index contributed by atoms with van der Waals surface area (Å²) in [5.41, 5.74) is 0.435. The summed E-state index contributed by atoms with van der Waals surface area (Å²) in [5, 5.41) is 0. The molecule has 0 aliphatic rings. The molecule has 0 radical (unpaired) electrons. The second kappa shape index (κ2) is 5.41. The van der Waals surface area contributed by atoms with Gasteiger partial charge in [0.15, 0.2) is 0 Å². The molecule has 0 aromatic carbocycles. The van der Waals surface area contributed by atoms with Crippen molar-refractivity contribution in [3.05, 3.63) is 0 Å². The van der Waals surface area contributed by atoms with Crippen LogP contribution >= 0.6 is 0 Å². The van der Waals surface area contributed by atoms with Crippen molar-refractivity contribution in [1.82, 2.24) is 0 Å². The molecular formula is C12H24O. The Bertz CT molecular complexity index is 153. The van der Waals surface area contributed by atoms with Gasteiger partial charge in [0.05, 0.1) is 0 Å². The van der Waals surface area contributed by atoms with E-state index in [-0.39, 0.29) is 0 Å². The number of Topliss-reactive ketones (excluding diaryl/α,β-unsaturated/α-hetero) is 1. The molecule has 1 nitrogen and oxygen atoms in total. The van der Waals surface area contributed by atoms with Gasteiger partial charge in [-0.3, -0.25) is 0 Å². The van der Waals surface area contributed by atoms with E-state index >= 15 is 0 Å². The number of rotatable bonds is 5. The molecule has 0 fully saturated rings. The highest BCUT2D eigenvalue weighted by atomic mass is 16.1. The van der Waals surface area contributed by atoms with Gasteiger partial charge in [-0.05, 0) is 31.1 Å². The zero-order valence-corrected chi connectivity index (χ0v) is 9.81. The van der Waals surface area contributed by atoms with Crippen LogP contribution < -0.4 is 0 Å². The van der Waals surface area contributed by atoms with Gasteiger partial charge in [-0.2, -0.15) is 0 Å². The zero-order valence-electron chi connectivity index (χ0n) is 9.81. The van der Waals surface area contributed by atoms with E-state index in [4.69, 9.17) is 0 Å². The Morgan fingerprint density at radius 3 is 2.15 bits per heavy atom. The summed E-state index contributed by atoms with van der Waals surface area (Å²) in [6, 6.07) is 0. The lowest BCUT2D eigenvalue weighted by Crippen LogP contribution is -2.08. The van der Waals surface area contributed by atoms with E-state index in [0.717, 1.165) is 12.8 Å². The van der Waals surface area contributed by atoms with Crippen molar-refractivity contribution in [1.29, 1.82) is 0 Å².